The lowest BCUT2D eigenvalue weighted by molar-refractivity contribution is 0.0910. The van der Waals surface area contributed by atoms with Gasteiger partial charge in [-0.2, -0.15) is 0 Å². The van der Waals surface area contributed by atoms with Crippen molar-refractivity contribution in [3.8, 4) is 0 Å². The molecule has 2 rings (SSSR count). The molecule has 0 aromatic carbocycles. The highest BCUT2D eigenvalue weighted by atomic mass is 35.5. The van der Waals surface area contributed by atoms with Crippen LogP contribution in [0.1, 0.15) is 43.1 Å². The first-order valence-electron chi connectivity index (χ1n) is 7.38. The molecule has 0 radical (unpaired) electrons. The Labute approximate surface area is 130 Å². The number of halogens is 1. The quantitative estimate of drug-likeness (QED) is 0.848. The maximum atomic E-state index is 12.3. The molecule has 2 unspecified atom stereocenters. The van der Waals surface area contributed by atoms with E-state index in [0.29, 0.717) is 10.8 Å². The Morgan fingerprint density at radius 3 is 2.95 bits per heavy atom. The van der Waals surface area contributed by atoms with Crippen molar-refractivity contribution in [1.82, 2.24) is 10.3 Å². The van der Waals surface area contributed by atoms with E-state index in [2.05, 4.69) is 22.5 Å². The van der Waals surface area contributed by atoms with Crippen LogP contribution in [0.15, 0.2) is 12.1 Å². The fourth-order valence-electron chi connectivity index (χ4n) is 2.49. The van der Waals surface area contributed by atoms with Gasteiger partial charge in [0.1, 0.15) is 11.5 Å². The molecular weight excluding hydrogens is 290 g/mol. The van der Waals surface area contributed by atoms with Gasteiger partial charge in [0.25, 0.3) is 5.91 Å². The molecule has 5 nitrogen and oxygen atoms in total. The molecular formula is C15H22ClN3O2. The molecule has 2 atom stereocenters. The van der Waals surface area contributed by atoms with Crippen molar-refractivity contribution in [2.45, 2.75) is 44.8 Å². The van der Waals surface area contributed by atoms with Crippen LogP contribution in [-0.2, 0) is 4.74 Å². The minimum atomic E-state index is -0.220. The average molecular weight is 312 g/mol. The normalized spacial score (nSPS) is 21.3. The fourth-order valence-corrected chi connectivity index (χ4v) is 2.68. The predicted octanol–water partition coefficient (Wildman–Crippen LogP) is 2.85. The van der Waals surface area contributed by atoms with Crippen LogP contribution in [0.4, 0.5) is 5.82 Å². The summed E-state index contributed by atoms with van der Waals surface area (Å²) in [6.45, 7) is 2.89. The zero-order chi connectivity index (χ0) is 15.2. The van der Waals surface area contributed by atoms with Crippen molar-refractivity contribution in [3.05, 3.63) is 22.8 Å². The van der Waals surface area contributed by atoms with Gasteiger partial charge in [0.15, 0.2) is 0 Å². The second-order valence-electron chi connectivity index (χ2n) is 5.29. The molecule has 0 aliphatic heterocycles. The maximum absolute atomic E-state index is 12.3. The van der Waals surface area contributed by atoms with E-state index < -0.39 is 0 Å². The Balaban J connectivity index is 2.01. The third-order valence-electron chi connectivity index (χ3n) is 3.67. The standard InChI is InChI=1S/C15H22ClN3O2/c1-3-8-17-13-7-6-12(16)14(19-13)15(20)18-10-4-5-11(9-10)21-2/h6-7,10-11H,3-5,8-9H2,1-2H3,(H,17,19)(H,18,20). The molecule has 1 aromatic heterocycles. The molecule has 1 heterocycles. The minimum absolute atomic E-state index is 0.132. The van der Waals surface area contributed by atoms with Gasteiger partial charge < -0.3 is 15.4 Å². The van der Waals surface area contributed by atoms with Crippen molar-refractivity contribution < 1.29 is 9.53 Å². The fraction of sp³-hybridized carbons (Fsp3) is 0.600. The number of amides is 1. The Morgan fingerprint density at radius 1 is 1.48 bits per heavy atom. The predicted molar refractivity (Wildman–Crippen MR) is 83.9 cm³/mol. The second-order valence-corrected chi connectivity index (χ2v) is 5.70. The van der Waals surface area contributed by atoms with E-state index in [1.165, 1.54) is 0 Å². The number of ether oxygens (including phenoxy) is 1. The van der Waals surface area contributed by atoms with Crippen LogP contribution in [0.2, 0.25) is 5.02 Å². The van der Waals surface area contributed by atoms with Gasteiger partial charge in [0, 0.05) is 19.7 Å². The summed E-state index contributed by atoms with van der Waals surface area (Å²) in [7, 11) is 1.70. The van der Waals surface area contributed by atoms with Crippen LogP contribution in [0.5, 0.6) is 0 Å². The number of hydrogen-bond acceptors (Lipinski definition) is 4. The lowest BCUT2D eigenvalue weighted by Gasteiger charge is -2.14. The molecule has 0 spiro atoms. The van der Waals surface area contributed by atoms with Crippen LogP contribution in [0.3, 0.4) is 0 Å². The average Bonchev–Trinajstić information content (AvgIpc) is 2.94. The summed E-state index contributed by atoms with van der Waals surface area (Å²) in [5, 5.41) is 6.52. The Bertz CT molecular complexity index is 496. The minimum Gasteiger partial charge on any atom is -0.381 e. The SMILES string of the molecule is CCCNc1ccc(Cl)c(C(=O)NC2CCC(OC)C2)n1. The Morgan fingerprint density at radius 2 is 2.29 bits per heavy atom. The van der Waals surface area contributed by atoms with Gasteiger partial charge in [-0.15, -0.1) is 0 Å². The maximum Gasteiger partial charge on any atom is 0.271 e. The van der Waals surface area contributed by atoms with Crippen molar-refractivity contribution in [2.24, 2.45) is 0 Å². The molecule has 2 N–H and O–H groups in total. The van der Waals surface area contributed by atoms with Crippen LogP contribution in [0, 0.1) is 0 Å². The van der Waals surface area contributed by atoms with Crippen LogP contribution >= 0.6 is 11.6 Å². The molecule has 1 saturated carbocycles. The highest BCUT2D eigenvalue weighted by Gasteiger charge is 2.26. The number of aromatic nitrogens is 1. The number of rotatable bonds is 6. The molecule has 0 saturated heterocycles. The third kappa shape index (κ3) is 4.32. The first kappa shape index (κ1) is 16.0. The first-order valence-corrected chi connectivity index (χ1v) is 7.76. The van der Waals surface area contributed by atoms with Crippen LogP contribution in [-0.4, -0.2) is 36.7 Å². The highest BCUT2D eigenvalue weighted by Crippen LogP contribution is 2.23. The number of nitrogens with one attached hydrogen (secondary N) is 2. The molecule has 1 amide bonds. The summed E-state index contributed by atoms with van der Waals surface area (Å²) in [4.78, 5) is 16.6. The number of pyridine rings is 1. The number of carbonyl (C=O) groups excluding carboxylic acids is 1. The molecule has 1 fully saturated rings. The Kier molecular flexibility index (Phi) is 5.82. The van der Waals surface area contributed by atoms with Gasteiger partial charge in [0.2, 0.25) is 0 Å². The second kappa shape index (κ2) is 7.61. The molecule has 0 bridgehead atoms. The van der Waals surface area contributed by atoms with Crippen LogP contribution < -0.4 is 10.6 Å². The third-order valence-corrected chi connectivity index (χ3v) is 3.98. The molecule has 1 aromatic rings. The molecule has 6 heteroatoms. The van der Waals surface area contributed by atoms with E-state index in [1.54, 1.807) is 19.2 Å². The topological polar surface area (TPSA) is 63.2 Å². The van der Waals surface area contributed by atoms with E-state index in [-0.39, 0.29) is 23.7 Å². The Hall–Kier alpha value is -1.33. The first-order chi connectivity index (χ1) is 10.1. The van der Waals surface area contributed by atoms with E-state index in [9.17, 15) is 4.79 Å². The van der Waals surface area contributed by atoms with Gasteiger partial charge in [-0.3, -0.25) is 4.79 Å². The summed E-state index contributed by atoms with van der Waals surface area (Å²) >= 11 is 6.09. The highest BCUT2D eigenvalue weighted by molar-refractivity contribution is 6.33. The van der Waals surface area contributed by atoms with Gasteiger partial charge in [-0.25, -0.2) is 4.98 Å². The lowest BCUT2D eigenvalue weighted by atomic mass is 10.2. The zero-order valence-electron chi connectivity index (χ0n) is 12.5. The van der Waals surface area contributed by atoms with E-state index in [1.807, 2.05) is 0 Å². The van der Waals surface area contributed by atoms with Gasteiger partial charge >= 0.3 is 0 Å². The smallest absolute Gasteiger partial charge is 0.271 e. The summed E-state index contributed by atoms with van der Waals surface area (Å²) in [5.41, 5.74) is 0.277. The number of anilines is 1. The van der Waals surface area contributed by atoms with Crippen LogP contribution in [0.25, 0.3) is 0 Å². The van der Waals surface area contributed by atoms with Gasteiger partial charge in [-0.1, -0.05) is 18.5 Å². The number of hydrogen-bond donors (Lipinski definition) is 2. The van der Waals surface area contributed by atoms with Crippen molar-refractivity contribution in [1.29, 1.82) is 0 Å². The van der Waals surface area contributed by atoms with E-state index >= 15 is 0 Å². The van der Waals surface area contributed by atoms with Gasteiger partial charge in [0.05, 0.1) is 11.1 Å². The summed E-state index contributed by atoms with van der Waals surface area (Å²) in [5.74, 6) is 0.453. The molecule has 1 aliphatic rings. The van der Waals surface area contributed by atoms with Crippen molar-refractivity contribution >= 4 is 23.3 Å². The number of carbonyl (C=O) groups is 1. The van der Waals surface area contributed by atoms with Crippen molar-refractivity contribution in [3.63, 3.8) is 0 Å². The number of methoxy groups -OCH3 is 1. The van der Waals surface area contributed by atoms with Crippen molar-refractivity contribution in [2.75, 3.05) is 19.0 Å². The number of nitrogens with zero attached hydrogens (tertiary/aromatic N) is 1. The van der Waals surface area contributed by atoms with E-state index in [4.69, 9.17) is 16.3 Å². The van der Waals surface area contributed by atoms with E-state index in [0.717, 1.165) is 32.2 Å². The monoisotopic (exact) mass is 311 g/mol. The largest absolute Gasteiger partial charge is 0.381 e. The summed E-state index contributed by atoms with van der Waals surface area (Å²) < 4.78 is 5.31. The molecule has 1 aliphatic carbocycles. The molecule has 21 heavy (non-hydrogen) atoms. The molecule has 116 valence electrons. The lowest BCUT2D eigenvalue weighted by Crippen LogP contribution is -2.34. The summed E-state index contributed by atoms with van der Waals surface area (Å²) in [6, 6.07) is 3.62. The van der Waals surface area contributed by atoms with Gasteiger partial charge in [-0.05, 0) is 37.8 Å². The summed E-state index contributed by atoms with van der Waals surface area (Å²) in [6.07, 6.45) is 3.97. The zero-order valence-corrected chi connectivity index (χ0v) is 13.2.